The molecule has 0 unspecified atom stereocenters. The summed E-state index contributed by atoms with van der Waals surface area (Å²) in [7, 11) is 0. The number of hydrogen-bond acceptors (Lipinski definition) is 6. The predicted molar refractivity (Wildman–Crippen MR) is 124 cm³/mol. The zero-order chi connectivity index (χ0) is 24.6. The van der Waals surface area contributed by atoms with Crippen LogP contribution in [-0.2, 0) is 9.59 Å². The molecule has 0 N–H and O–H groups in total. The number of imide groups is 1. The van der Waals surface area contributed by atoms with Crippen molar-refractivity contribution in [2.75, 3.05) is 6.54 Å². The van der Waals surface area contributed by atoms with Gasteiger partial charge in [-0.2, -0.15) is 5.01 Å². The second-order valence-corrected chi connectivity index (χ2v) is 9.63. The molecule has 4 rings (SSSR count). The molecule has 1 saturated carbocycles. The molecule has 2 aromatic rings. The van der Waals surface area contributed by atoms with Gasteiger partial charge in [0.1, 0.15) is 6.54 Å². The maximum atomic E-state index is 13.4. The van der Waals surface area contributed by atoms with Crippen molar-refractivity contribution < 1.29 is 24.1 Å². The molecule has 34 heavy (non-hydrogen) atoms. The van der Waals surface area contributed by atoms with Crippen LogP contribution in [0.3, 0.4) is 0 Å². The van der Waals surface area contributed by atoms with Crippen LogP contribution in [-0.4, -0.2) is 45.0 Å². The number of carbonyl (C=O) groups is 4. The zero-order valence-corrected chi connectivity index (χ0v) is 19.9. The first-order valence-electron chi connectivity index (χ1n) is 10.9. The van der Waals surface area contributed by atoms with Gasteiger partial charge in [-0.1, -0.05) is 35.0 Å². The monoisotopic (exact) mass is 527 g/mol. The highest BCUT2D eigenvalue weighted by Gasteiger charge is 2.52. The van der Waals surface area contributed by atoms with Gasteiger partial charge in [0.2, 0.25) is 0 Å². The molecule has 3 atom stereocenters. The summed E-state index contributed by atoms with van der Waals surface area (Å²) in [5.41, 5.74) is 0.134. The van der Waals surface area contributed by atoms with Gasteiger partial charge in [-0.3, -0.25) is 29.3 Å². The van der Waals surface area contributed by atoms with Gasteiger partial charge in [-0.05, 0) is 49.4 Å². The fraction of sp³-hybridized carbons (Fsp3) is 0.333. The zero-order valence-electron chi connectivity index (χ0n) is 18.3. The molecule has 1 aliphatic carbocycles. The van der Waals surface area contributed by atoms with Crippen LogP contribution in [0, 0.1) is 27.9 Å². The SMILES string of the molecule is C[C@@H]1CC[C@@H]2C(=O)N(N(CC(=O)c3ccc(Br)cc3)C(=O)c3ccc([N+](=O)[O-])cc3)C(=O)[C@@H]2C1. The van der Waals surface area contributed by atoms with Crippen molar-refractivity contribution in [2.24, 2.45) is 17.8 Å². The number of rotatable bonds is 6. The number of nitro benzene ring substituents is 1. The first kappa shape index (κ1) is 23.7. The van der Waals surface area contributed by atoms with Gasteiger partial charge in [0, 0.05) is 27.7 Å². The summed E-state index contributed by atoms with van der Waals surface area (Å²) in [4.78, 5) is 63.4. The Hall–Kier alpha value is -3.40. The predicted octanol–water partition coefficient (Wildman–Crippen LogP) is 4.02. The van der Waals surface area contributed by atoms with E-state index in [0.29, 0.717) is 18.4 Å². The van der Waals surface area contributed by atoms with E-state index in [9.17, 15) is 29.3 Å². The van der Waals surface area contributed by atoms with E-state index in [1.165, 1.54) is 12.1 Å². The molecule has 9 nitrogen and oxygen atoms in total. The van der Waals surface area contributed by atoms with Crippen LogP contribution in [0.2, 0.25) is 0 Å². The lowest BCUT2D eigenvalue weighted by Gasteiger charge is -2.30. The highest BCUT2D eigenvalue weighted by molar-refractivity contribution is 9.10. The van der Waals surface area contributed by atoms with Gasteiger partial charge >= 0.3 is 0 Å². The molecular formula is C24H22BrN3O6. The fourth-order valence-electron chi connectivity index (χ4n) is 4.58. The standard InChI is InChI=1S/C24H22BrN3O6/c1-14-2-11-19-20(12-14)24(32)27(23(19)31)26(13-21(29)15-3-7-17(25)8-4-15)22(30)16-5-9-18(10-6-16)28(33)34/h3-10,14,19-20H,2,11-13H2,1H3/t14-,19+,20-/m1/s1. The molecule has 3 amide bonds. The minimum absolute atomic E-state index is 0.0260. The molecule has 0 radical (unpaired) electrons. The summed E-state index contributed by atoms with van der Waals surface area (Å²) in [6.45, 7) is 1.50. The summed E-state index contributed by atoms with van der Waals surface area (Å²) < 4.78 is 0.769. The first-order chi connectivity index (χ1) is 16.2. The Balaban J connectivity index is 1.68. The number of hydrogen-bond donors (Lipinski definition) is 0. The molecule has 1 aliphatic heterocycles. The molecule has 2 aromatic carbocycles. The number of hydrazine groups is 1. The average molecular weight is 528 g/mol. The van der Waals surface area contributed by atoms with Crippen LogP contribution in [0.1, 0.15) is 46.9 Å². The van der Waals surface area contributed by atoms with E-state index in [-0.39, 0.29) is 17.2 Å². The number of ketones is 1. The Morgan fingerprint density at radius 1 is 1.00 bits per heavy atom. The largest absolute Gasteiger partial charge is 0.292 e. The lowest BCUT2D eigenvalue weighted by molar-refractivity contribution is -0.384. The Labute approximate surface area is 204 Å². The molecule has 2 fully saturated rings. The van der Waals surface area contributed by atoms with Crippen molar-refractivity contribution in [1.29, 1.82) is 0 Å². The molecule has 0 spiro atoms. The molecular weight excluding hydrogens is 506 g/mol. The van der Waals surface area contributed by atoms with Crippen LogP contribution < -0.4 is 0 Å². The number of non-ortho nitro benzene ring substituents is 1. The number of Topliss-reactive ketones (excluding diaryl/α,β-unsaturated/α-hetero) is 1. The molecule has 1 heterocycles. The Morgan fingerprint density at radius 2 is 1.59 bits per heavy atom. The minimum Gasteiger partial charge on any atom is -0.292 e. The third kappa shape index (κ3) is 4.50. The van der Waals surface area contributed by atoms with Gasteiger partial charge in [0.25, 0.3) is 23.4 Å². The normalized spacial score (nSPS) is 21.8. The number of carbonyl (C=O) groups excluding carboxylic acids is 4. The van der Waals surface area contributed by atoms with E-state index in [4.69, 9.17) is 0 Å². The second-order valence-electron chi connectivity index (χ2n) is 8.72. The maximum absolute atomic E-state index is 13.4. The lowest BCUT2D eigenvalue weighted by Crippen LogP contribution is -2.52. The third-order valence-electron chi connectivity index (χ3n) is 6.42. The van der Waals surface area contributed by atoms with Gasteiger partial charge < -0.3 is 0 Å². The van der Waals surface area contributed by atoms with Crippen LogP contribution in [0.4, 0.5) is 5.69 Å². The number of fused-ring (bicyclic) bond motifs is 1. The quantitative estimate of drug-likeness (QED) is 0.242. The molecule has 176 valence electrons. The lowest BCUT2D eigenvalue weighted by atomic mass is 9.76. The summed E-state index contributed by atoms with van der Waals surface area (Å²) in [5, 5.41) is 12.7. The van der Waals surface area contributed by atoms with E-state index >= 15 is 0 Å². The number of nitro groups is 1. The summed E-state index contributed by atoms with van der Waals surface area (Å²) in [6, 6.07) is 11.3. The van der Waals surface area contributed by atoms with Crippen molar-refractivity contribution in [1.82, 2.24) is 10.0 Å². The van der Waals surface area contributed by atoms with Crippen molar-refractivity contribution in [3.63, 3.8) is 0 Å². The number of nitrogens with zero attached hydrogens (tertiary/aromatic N) is 3. The van der Waals surface area contributed by atoms with E-state index in [0.717, 1.165) is 33.0 Å². The first-order valence-corrected chi connectivity index (χ1v) is 11.7. The topological polar surface area (TPSA) is 118 Å². The van der Waals surface area contributed by atoms with Crippen molar-refractivity contribution in [2.45, 2.75) is 26.2 Å². The van der Waals surface area contributed by atoms with E-state index in [1.54, 1.807) is 24.3 Å². The highest BCUT2D eigenvalue weighted by atomic mass is 79.9. The van der Waals surface area contributed by atoms with Gasteiger partial charge in [0.15, 0.2) is 5.78 Å². The van der Waals surface area contributed by atoms with Crippen molar-refractivity contribution >= 4 is 45.1 Å². The van der Waals surface area contributed by atoms with Crippen molar-refractivity contribution in [3.05, 3.63) is 74.2 Å². The summed E-state index contributed by atoms with van der Waals surface area (Å²) in [5.74, 6) is -2.94. The smallest absolute Gasteiger partial charge is 0.273 e. The van der Waals surface area contributed by atoms with E-state index in [1.807, 2.05) is 6.92 Å². The summed E-state index contributed by atoms with van der Waals surface area (Å²) >= 11 is 3.30. The van der Waals surface area contributed by atoms with Gasteiger partial charge in [-0.25, -0.2) is 5.01 Å². The number of benzene rings is 2. The third-order valence-corrected chi connectivity index (χ3v) is 6.95. The van der Waals surface area contributed by atoms with Crippen molar-refractivity contribution in [3.8, 4) is 0 Å². The second kappa shape index (κ2) is 9.46. The van der Waals surface area contributed by atoms with E-state index < -0.39 is 46.8 Å². The molecule has 10 heteroatoms. The molecule has 0 bridgehead atoms. The molecule has 2 aliphatic rings. The van der Waals surface area contributed by atoms with Crippen LogP contribution >= 0.6 is 15.9 Å². The highest BCUT2D eigenvalue weighted by Crippen LogP contribution is 2.41. The Morgan fingerprint density at radius 3 is 2.21 bits per heavy atom. The van der Waals surface area contributed by atoms with E-state index in [2.05, 4.69) is 15.9 Å². The average Bonchev–Trinajstić information content (AvgIpc) is 3.06. The maximum Gasteiger partial charge on any atom is 0.273 e. The molecule has 1 saturated heterocycles. The van der Waals surface area contributed by atoms with Crippen LogP contribution in [0.25, 0.3) is 0 Å². The van der Waals surface area contributed by atoms with Gasteiger partial charge in [-0.15, -0.1) is 0 Å². The fourth-order valence-corrected chi connectivity index (χ4v) is 4.85. The molecule has 0 aromatic heterocycles. The Bertz CT molecular complexity index is 1160. The van der Waals surface area contributed by atoms with Gasteiger partial charge in [0.05, 0.1) is 16.8 Å². The minimum atomic E-state index is -0.756. The summed E-state index contributed by atoms with van der Waals surface area (Å²) in [6.07, 6.45) is 1.90. The number of halogens is 1. The Kier molecular flexibility index (Phi) is 6.60. The van der Waals surface area contributed by atoms with Crippen LogP contribution in [0.15, 0.2) is 53.0 Å². The van der Waals surface area contributed by atoms with Crippen LogP contribution in [0.5, 0.6) is 0 Å². The number of amides is 3.